The SMILES string of the molecule is CCn1nc(C)cc1C(=O)Nc1nc2c(s1)C(=O)CC(C)(C)C2. The lowest BCUT2D eigenvalue weighted by Gasteiger charge is -2.26. The van der Waals surface area contributed by atoms with Gasteiger partial charge in [0.15, 0.2) is 10.9 Å². The highest BCUT2D eigenvalue weighted by atomic mass is 32.1. The van der Waals surface area contributed by atoms with Gasteiger partial charge in [-0.15, -0.1) is 0 Å². The molecule has 2 aromatic heterocycles. The molecule has 0 aromatic carbocycles. The molecule has 1 amide bonds. The highest BCUT2D eigenvalue weighted by Gasteiger charge is 2.34. The second kappa shape index (κ2) is 5.56. The van der Waals surface area contributed by atoms with E-state index in [9.17, 15) is 9.59 Å². The number of aromatic nitrogens is 3. The molecule has 23 heavy (non-hydrogen) atoms. The van der Waals surface area contributed by atoms with Crippen molar-refractivity contribution < 1.29 is 9.59 Å². The molecule has 2 heterocycles. The second-order valence-corrected chi connectivity index (χ2v) is 7.68. The summed E-state index contributed by atoms with van der Waals surface area (Å²) in [5, 5.41) is 7.56. The molecular weight excluding hydrogens is 312 g/mol. The molecule has 0 bridgehead atoms. The third-order valence-electron chi connectivity index (χ3n) is 3.89. The lowest BCUT2D eigenvalue weighted by atomic mass is 9.78. The van der Waals surface area contributed by atoms with Gasteiger partial charge in [-0.2, -0.15) is 5.10 Å². The van der Waals surface area contributed by atoms with Crippen LogP contribution >= 0.6 is 11.3 Å². The van der Waals surface area contributed by atoms with Gasteiger partial charge in [0.25, 0.3) is 5.91 Å². The van der Waals surface area contributed by atoms with Gasteiger partial charge in [-0.05, 0) is 31.7 Å². The summed E-state index contributed by atoms with van der Waals surface area (Å²) < 4.78 is 1.66. The van der Waals surface area contributed by atoms with Crippen LogP contribution < -0.4 is 5.32 Å². The first kappa shape index (κ1) is 15.9. The Balaban J connectivity index is 1.84. The van der Waals surface area contributed by atoms with Crippen molar-refractivity contribution in [2.24, 2.45) is 5.41 Å². The van der Waals surface area contributed by atoms with Crippen LogP contribution in [0, 0.1) is 12.3 Å². The molecule has 3 rings (SSSR count). The number of ketones is 1. The molecule has 0 radical (unpaired) electrons. The van der Waals surface area contributed by atoms with E-state index in [-0.39, 0.29) is 17.1 Å². The summed E-state index contributed by atoms with van der Waals surface area (Å²) in [6.07, 6.45) is 1.28. The fourth-order valence-electron chi connectivity index (χ4n) is 2.90. The Labute approximate surface area is 138 Å². The van der Waals surface area contributed by atoms with E-state index in [2.05, 4.69) is 29.2 Å². The summed E-state index contributed by atoms with van der Waals surface area (Å²) >= 11 is 1.27. The maximum Gasteiger partial charge on any atom is 0.275 e. The van der Waals surface area contributed by atoms with Crippen molar-refractivity contribution >= 4 is 28.2 Å². The number of amides is 1. The predicted molar refractivity (Wildman–Crippen MR) is 89.1 cm³/mol. The minimum atomic E-state index is -0.245. The van der Waals surface area contributed by atoms with Crippen LogP contribution in [0.25, 0.3) is 0 Å². The molecule has 2 aromatic rings. The molecule has 0 atom stereocenters. The van der Waals surface area contributed by atoms with Gasteiger partial charge >= 0.3 is 0 Å². The Kier molecular flexibility index (Phi) is 3.83. The number of Topliss-reactive ketones (excluding diaryl/α,β-unsaturated/α-hetero) is 1. The van der Waals surface area contributed by atoms with E-state index >= 15 is 0 Å². The topological polar surface area (TPSA) is 76.9 Å². The van der Waals surface area contributed by atoms with Crippen molar-refractivity contribution in [3.05, 3.63) is 28.0 Å². The third kappa shape index (κ3) is 3.06. The van der Waals surface area contributed by atoms with Gasteiger partial charge in [0.1, 0.15) is 5.69 Å². The minimum absolute atomic E-state index is 0.0720. The number of rotatable bonds is 3. The van der Waals surface area contributed by atoms with Crippen LogP contribution in [-0.2, 0) is 13.0 Å². The summed E-state index contributed by atoms with van der Waals surface area (Å²) in [6, 6.07) is 1.75. The molecule has 0 aliphatic heterocycles. The molecule has 0 saturated carbocycles. The number of nitrogens with one attached hydrogen (secondary N) is 1. The van der Waals surface area contributed by atoms with Crippen molar-refractivity contribution in [3.63, 3.8) is 0 Å². The Hall–Kier alpha value is -2.02. The number of hydrogen-bond acceptors (Lipinski definition) is 5. The van der Waals surface area contributed by atoms with Crippen molar-refractivity contribution in [1.82, 2.24) is 14.8 Å². The van der Waals surface area contributed by atoms with Crippen LogP contribution in [-0.4, -0.2) is 26.5 Å². The number of nitrogens with zero attached hydrogens (tertiary/aromatic N) is 3. The first-order valence-electron chi connectivity index (χ1n) is 7.68. The Bertz CT molecular complexity index is 788. The van der Waals surface area contributed by atoms with Crippen molar-refractivity contribution in [3.8, 4) is 0 Å². The number of aryl methyl sites for hydroxylation is 2. The minimum Gasteiger partial charge on any atom is -0.296 e. The summed E-state index contributed by atoms with van der Waals surface area (Å²) in [7, 11) is 0. The van der Waals surface area contributed by atoms with Crippen LogP contribution in [0.1, 0.15) is 58.7 Å². The van der Waals surface area contributed by atoms with E-state index in [1.807, 2.05) is 13.8 Å². The number of fused-ring (bicyclic) bond motifs is 1. The van der Waals surface area contributed by atoms with Gasteiger partial charge in [0, 0.05) is 13.0 Å². The van der Waals surface area contributed by atoms with Crippen LogP contribution in [0.5, 0.6) is 0 Å². The van der Waals surface area contributed by atoms with E-state index in [0.717, 1.165) is 17.8 Å². The smallest absolute Gasteiger partial charge is 0.275 e. The number of carbonyl (C=O) groups excluding carboxylic acids is 2. The second-order valence-electron chi connectivity index (χ2n) is 6.68. The highest BCUT2D eigenvalue weighted by molar-refractivity contribution is 7.17. The zero-order valence-corrected chi connectivity index (χ0v) is 14.6. The Morgan fingerprint density at radius 1 is 1.43 bits per heavy atom. The third-order valence-corrected chi connectivity index (χ3v) is 4.94. The first-order valence-corrected chi connectivity index (χ1v) is 8.49. The molecule has 0 spiro atoms. The molecule has 6 nitrogen and oxygen atoms in total. The average Bonchev–Trinajstić information content (AvgIpc) is 3.00. The van der Waals surface area contributed by atoms with E-state index in [0.29, 0.717) is 28.7 Å². The van der Waals surface area contributed by atoms with Gasteiger partial charge in [-0.1, -0.05) is 25.2 Å². The maximum absolute atomic E-state index is 12.4. The van der Waals surface area contributed by atoms with Gasteiger partial charge in [-0.3, -0.25) is 19.6 Å². The summed E-state index contributed by atoms with van der Waals surface area (Å²) in [5.41, 5.74) is 2.03. The van der Waals surface area contributed by atoms with Gasteiger partial charge < -0.3 is 0 Å². The molecule has 7 heteroatoms. The molecule has 0 fully saturated rings. The lowest BCUT2D eigenvalue weighted by Crippen LogP contribution is -2.26. The molecule has 1 aliphatic carbocycles. The predicted octanol–water partition coefficient (Wildman–Crippen LogP) is 3.08. The van der Waals surface area contributed by atoms with Gasteiger partial charge in [0.2, 0.25) is 0 Å². The van der Waals surface area contributed by atoms with Crippen molar-refractivity contribution in [1.29, 1.82) is 0 Å². The Morgan fingerprint density at radius 3 is 2.87 bits per heavy atom. The average molecular weight is 332 g/mol. The fourth-order valence-corrected chi connectivity index (χ4v) is 3.82. The first-order chi connectivity index (χ1) is 10.8. The lowest BCUT2D eigenvalue weighted by molar-refractivity contribution is 0.0915. The maximum atomic E-state index is 12.4. The van der Waals surface area contributed by atoms with Crippen LogP contribution in [0.15, 0.2) is 6.07 Å². The summed E-state index contributed by atoms with van der Waals surface area (Å²) in [4.78, 5) is 29.8. The van der Waals surface area contributed by atoms with Crippen LogP contribution in [0.2, 0.25) is 0 Å². The molecule has 122 valence electrons. The van der Waals surface area contributed by atoms with E-state index in [1.165, 1.54) is 11.3 Å². The highest BCUT2D eigenvalue weighted by Crippen LogP contribution is 2.38. The zero-order chi connectivity index (χ0) is 16.8. The van der Waals surface area contributed by atoms with Gasteiger partial charge in [0.05, 0.1) is 16.3 Å². The van der Waals surface area contributed by atoms with Gasteiger partial charge in [-0.25, -0.2) is 4.98 Å². The zero-order valence-electron chi connectivity index (χ0n) is 13.8. The number of carbonyl (C=O) groups is 2. The standard InChI is InChI=1S/C16H20N4O2S/c1-5-20-11(6-9(2)19-20)14(22)18-15-17-10-7-16(3,4)8-12(21)13(10)23-15/h6H,5,7-8H2,1-4H3,(H,17,18,22). The van der Waals surface area contributed by atoms with Crippen molar-refractivity contribution in [2.75, 3.05) is 5.32 Å². The van der Waals surface area contributed by atoms with E-state index in [4.69, 9.17) is 0 Å². The number of thiazole rings is 1. The molecular formula is C16H20N4O2S. The van der Waals surface area contributed by atoms with E-state index in [1.54, 1.807) is 10.7 Å². The largest absolute Gasteiger partial charge is 0.296 e. The number of hydrogen-bond donors (Lipinski definition) is 1. The van der Waals surface area contributed by atoms with E-state index < -0.39 is 0 Å². The molecule has 1 aliphatic rings. The summed E-state index contributed by atoms with van der Waals surface area (Å²) in [6.45, 7) is 8.54. The van der Waals surface area contributed by atoms with Crippen LogP contribution in [0.4, 0.5) is 5.13 Å². The Morgan fingerprint density at radius 2 is 2.17 bits per heavy atom. The quantitative estimate of drug-likeness (QED) is 0.937. The monoisotopic (exact) mass is 332 g/mol. The normalized spacial score (nSPS) is 16.3. The molecule has 0 unspecified atom stereocenters. The van der Waals surface area contributed by atoms with Crippen molar-refractivity contribution in [2.45, 2.75) is 47.1 Å². The fraction of sp³-hybridized carbons (Fsp3) is 0.500. The van der Waals surface area contributed by atoms with Crippen LogP contribution in [0.3, 0.4) is 0 Å². The molecule has 1 N–H and O–H groups in total. The number of anilines is 1. The summed E-state index contributed by atoms with van der Waals surface area (Å²) in [5.74, 6) is -0.131. The molecule has 0 saturated heterocycles.